The van der Waals surface area contributed by atoms with Crippen LogP contribution in [-0.2, 0) is 13.6 Å². The molecular formula is C24H50O4P-. The Morgan fingerprint density at radius 1 is 0.483 bits per heavy atom. The van der Waals surface area contributed by atoms with Crippen LogP contribution < -0.4 is 4.89 Å². The van der Waals surface area contributed by atoms with Gasteiger partial charge in [0, 0.05) is 0 Å². The molecule has 0 rings (SSSR count). The highest BCUT2D eigenvalue weighted by Gasteiger charge is 2.08. The van der Waals surface area contributed by atoms with Crippen molar-refractivity contribution in [1.82, 2.24) is 0 Å². The summed E-state index contributed by atoms with van der Waals surface area (Å²) in [5.74, 6) is 0. The number of unbranched alkanes of at least 4 members (excludes halogenated alkanes) is 18. The Morgan fingerprint density at radius 3 is 1.00 bits per heavy atom. The maximum Gasteiger partial charge on any atom is 0.267 e. The second-order valence-corrected chi connectivity index (χ2v) is 9.89. The highest BCUT2D eigenvalue weighted by Crippen LogP contribution is 2.38. The van der Waals surface area contributed by atoms with Gasteiger partial charge in [-0.1, -0.05) is 129 Å². The van der Waals surface area contributed by atoms with Gasteiger partial charge in [-0.15, -0.1) is 0 Å². The zero-order valence-corrected chi connectivity index (χ0v) is 20.5. The SMILES string of the molecule is CCCCCCCCCCCCOP(=O)([O-])OCCCCCCCCCCCC. The van der Waals surface area contributed by atoms with E-state index < -0.39 is 7.82 Å². The Kier molecular flexibility index (Phi) is 22.9. The molecule has 0 N–H and O–H groups in total. The van der Waals surface area contributed by atoms with E-state index in [-0.39, 0.29) is 13.2 Å². The smallest absolute Gasteiger partial charge is 0.267 e. The fourth-order valence-electron chi connectivity index (χ4n) is 3.57. The molecule has 0 saturated carbocycles. The van der Waals surface area contributed by atoms with Gasteiger partial charge >= 0.3 is 0 Å². The zero-order valence-electron chi connectivity index (χ0n) is 19.6. The lowest BCUT2D eigenvalue weighted by Crippen LogP contribution is -2.10. The molecule has 0 saturated heterocycles. The molecule has 0 atom stereocenters. The van der Waals surface area contributed by atoms with Crippen LogP contribution in [0, 0.1) is 0 Å². The second kappa shape index (κ2) is 22.8. The van der Waals surface area contributed by atoms with E-state index in [4.69, 9.17) is 9.05 Å². The van der Waals surface area contributed by atoms with Crippen molar-refractivity contribution in [2.24, 2.45) is 0 Å². The average Bonchev–Trinajstić information content (AvgIpc) is 2.70. The third-order valence-electron chi connectivity index (χ3n) is 5.49. The fourth-order valence-corrected chi connectivity index (χ4v) is 4.35. The summed E-state index contributed by atoms with van der Waals surface area (Å²) < 4.78 is 21.7. The molecule has 0 aliphatic heterocycles. The van der Waals surface area contributed by atoms with E-state index in [2.05, 4.69) is 13.8 Å². The van der Waals surface area contributed by atoms with Crippen LogP contribution in [0.1, 0.15) is 142 Å². The molecule has 0 unspecified atom stereocenters. The van der Waals surface area contributed by atoms with Crippen molar-refractivity contribution in [1.29, 1.82) is 0 Å². The molecule has 5 heteroatoms. The summed E-state index contributed by atoms with van der Waals surface area (Å²) in [4.78, 5) is 11.7. The van der Waals surface area contributed by atoms with Crippen LogP contribution in [0.4, 0.5) is 0 Å². The molecule has 0 aromatic heterocycles. The minimum absolute atomic E-state index is 0.259. The molecule has 4 nitrogen and oxygen atoms in total. The van der Waals surface area contributed by atoms with Crippen molar-refractivity contribution in [3.05, 3.63) is 0 Å². The highest BCUT2D eigenvalue weighted by atomic mass is 31.2. The molecule has 0 aromatic carbocycles. The third kappa shape index (κ3) is 24.3. The van der Waals surface area contributed by atoms with E-state index in [0.29, 0.717) is 0 Å². The van der Waals surface area contributed by atoms with Crippen LogP contribution in [0.5, 0.6) is 0 Å². The molecule has 0 fully saturated rings. The highest BCUT2D eigenvalue weighted by molar-refractivity contribution is 7.45. The Labute approximate surface area is 182 Å². The fraction of sp³-hybridized carbons (Fsp3) is 1.00. The first-order valence-electron chi connectivity index (χ1n) is 12.7. The first-order chi connectivity index (χ1) is 14.1. The number of phosphoric acid groups is 1. The van der Waals surface area contributed by atoms with Crippen molar-refractivity contribution in [3.8, 4) is 0 Å². The van der Waals surface area contributed by atoms with Crippen LogP contribution in [-0.4, -0.2) is 13.2 Å². The lowest BCUT2D eigenvalue weighted by molar-refractivity contribution is -0.225. The molecule has 0 heterocycles. The molecule has 29 heavy (non-hydrogen) atoms. The summed E-state index contributed by atoms with van der Waals surface area (Å²) in [6.45, 7) is 5.00. The zero-order chi connectivity index (χ0) is 21.5. The van der Waals surface area contributed by atoms with E-state index >= 15 is 0 Å². The normalized spacial score (nSPS) is 12.0. The van der Waals surface area contributed by atoms with Gasteiger partial charge in [-0.05, 0) is 12.8 Å². The largest absolute Gasteiger partial charge is 0.756 e. The van der Waals surface area contributed by atoms with Crippen LogP contribution in [0.2, 0.25) is 0 Å². The Bertz CT molecular complexity index is 333. The molecule has 0 aromatic rings. The van der Waals surface area contributed by atoms with Crippen molar-refractivity contribution in [3.63, 3.8) is 0 Å². The average molecular weight is 434 g/mol. The lowest BCUT2D eigenvalue weighted by atomic mass is 10.1. The van der Waals surface area contributed by atoms with Crippen molar-refractivity contribution >= 4 is 7.82 Å². The van der Waals surface area contributed by atoms with E-state index in [1.807, 2.05) is 0 Å². The monoisotopic (exact) mass is 433 g/mol. The first kappa shape index (κ1) is 29.1. The van der Waals surface area contributed by atoms with Gasteiger partial charge in [-0.25, -0.2) is 0 Å². The van der Waals surface area contributed by atoms with Crippen LogP contribution >= 0.6 is 7.82 Å². The molecule has 0 bridgehead atoms. The van der Waals surface area contributed by atoms with Crippen LogP contribution in [0.15, 0.2) is 0 Å². The number of phosphoric ester groups is 1. The third-order valence-corrected chi connectivity index (χ3v) is 6.49. The van der Waals surface area contributed by atoms with E-state index in [1.165, 1.54) is 103 Å². The number of hydrogen-bond donors (Lipinski definition) is 0. The van der Waals surface area contributed by atoms with E-state index in [9.17, 15) is 9.46 Å². The molecular weight excluding hydrogens is 383 g/mol. The van der Waals surface area contributed by atoms with Gasteiger partial charge in [-0.3, -0.25) is 4.57 Å². The Hall–Kier alpha value is 0.110. The summed E-state index contributed by atoms with van der Waals surface area (Å²) in [6.07, 6.45) is 24.5. The van der Waals surface area contributed by atoms with Gasteiger partial charge < -0.3 is 13.9 Å². The summed E-state index contributed by atoms with van der Waals surface area (Å²) in [5.41, 5.74) is 0. The first-order valence-corrected chi connectivity index (χ1v) is 14.2. The van der Waals surface area contributed by atoms with Gasteiger partial charge in [0.05, 0.1) is 13.2 Å². The van der Waals surface area contributed by atoms with Crippen molar-refractivity contribution in [2.45, 2.75) is 142 Å². The van der Waals surface area contributed by atoms with Crippen LogP contribution in [0.25, 0.3) is 0 Å². The maximum atomic E-state index is 11.7. The van der Waals surface area contributed by atoms with E-state index in [0.717, 1.165) is 25.7 Å². The second-order valence-electron chi connectivity index (χ2n) is 8.48. The topological polar surface area (TPSA) is 58.6 Å². The summed E-state index contributed by atoms with van der Waals surface area (Å²) >= 11 is 0. The maximum absolute atomic E-state index is 11.7. The van der Waals surface area contributed by atoms with Gasteiger partial charge in [0.1, 0.15) is 0 Å². The Morgan fingerprint density at radius 2 is 0.724 bits per heavy atom. The van der Waals surface area contributed by atoms with Gasteiger partial charge in [-0.2, -0.15) is 0 Å². The summed E-state index contributed by atoms with van der Waals surface area (Å²) in [7, 11) is -4.10. The van der Waals surface area contributed by atoms with Crippen molar-refractivity contribution in [2.75, 3.05) is 13.2 Å². The molecule has 0 amide bonds. The standard InChI is InChI=1S/C24H51O4P/c1-3-5-7-9-11-13-15-17-19-21-23-27-29(25,26)28-24-22-20-18-16-14-12-10-8-6-4-2/h3-24H2,1-2H3,(H,25,26)/p-1. The predicted octanol–water partition coefficient (Wildman–Crippen LogP) is 8.33. The Balaban J connectivity index is 3.31. The number of rotatable bonds is 24. The van der Waals surface area contributed by atoms with Crippen LogP contribution in [0.3, 0.4) is 0 Å². The molecule has 0 radical (unpaired) electrons. The summed E-state index contributed by atoms with van der Waals surface area (Å²) in [6, 6.07) is 0. The molecule has 0 aliphatic carbocycles. The quantitative estimate of drug-likeness (QED) is 0.113. The molecule has 0 spiro atoms. The lowest BCUT2D eigenvalue weighted by Gasteiger charge is -2.22. The molecule has 176 valence electrons. The molecule has 0 aliphatic rings. The van der Waals surface area contributed by atoms with Gasteiger partial charge in [0.2, 0.25) is 0 Å². The minimum Gasteiger partial charge on any atom is -0.756 e. The predicted molar refractivity (Wildman–Crippen MR) is 123 cm³/mol. The minimum atomic E-state index is -4.10. The van der Waals surface area contributed by atoms with Gasteiger partial charge in [0.15, 0.2) is 0 Å². The van der Waals surface area contributed by atoms with E-state index in [1.54, 1.807) is 0 Å². The number of hydrogen-bond acceptors (Lipinski definition) is 4. The van der Waals surface area contributed by atoms with Gasteiger partial charge in [0.25, 0.3) is 7.82 Å². The van der Waals surface area contributed by atoms with Crippen molar-refractivity contribution < 1.29 is 18.5 Å². The summed E-state index contributed by atoms with van der Waals surface area (Å²) in [5, 5.41) is 0.